The van der Waals surface area contributed by atoms with Gasteiger partial charge in [0.1, 0.15) is 0 Å². The van der Waals surface area contributed by atoms with E-state index < -0.39 is 0 Å². The normalized spacial score (nSPS) is 10.5. The Balaban J connectivity index is 0.000000295. The van der Waals surface area contributed by atoms with Crippen LogP contribution in [0.25, 0.3) is 36.5 Å². The van der Waals surface area contributed by atoms with Crippen LogP contribution in [0.3, 0.4) is 0 Å². The standard InChI is InChI=1S/3C17H14O.C6H6.2Pd/c3*18-17(13-11-15-7-3-1-4-8-15)14-12-16-9-5-2-6-10-16;1-2-4-6-5-3-1;;/h3*1-14H;1-6H;;. The summed E-state index contributed by atoms with van der Waals surface area (Å²) in [5, 5.41) is 0. The third-order valence-corrected chi connectivity index (χ3v) is 8.10. The van der Waals surface area contributed by atoms with Crippen molar-refractivity contribution in [1.82, 2.24) is 0 Å². The van der Waals surface area contributed by atoms with Crippen LogP contribution < -0.4 is 0 Å². The molecule has 0 aliphatic heterocycles. The molecule has 7 rings (SSSR count). The molecule has 0 atom stereocenters. The van der Waals surface area contributed by atoms with Crippen LogP contribution in [0.2, 0.25) is 0 Å². The second-order valence-corrected chi connectivity index (χ2v) is 12.8. The van der Waals surface area contributed by atoms with Gasteiger partial charge in [-0.25, -0.2) is 0 Å². The molecule has 0 aliphatic carbocycles. The van der Waals surface area contributed by atoms with Crippen LogP contribution in [0.4, 0.5) is 0 Å². The fraction of sp³-hybridized carbons (Fsp3) is 0. The molecule has 0 fully saturated rings. The second kappa shape index (κ2) is 33.1. The summed E-state index contributed by atoms with van der Waals surface area (Å²) in [7, 11) is 0. The van der Waals surface area contributed by atoms with Crippen LogP contribution >= 0.6 is 0 Å². The summed E-state index contributed by atoms with van der Waals surface area (Å²) in [5.41, 5.74) is 6.16. The topological polar surface area (TPSA) is 51.2 Å². The van der Waals surface area contributed by atoms with Crippen LogP contribution in [0.1, 0.15) is 33.4 Å². The first kappa shape index (κ1) is 51.5. The van der Waals surface area contributed by atoms with E-state index in [0.29, 0.717) is 0 Å². The van der Waals surface area contributed by atoms with E-state index in [4.69, 9.17) is 0 Å². The van der Waals surface area contributed by atoms with Crippen molar-refractivity contribution in [2.24, 2.45) is 0 Å². The van der Waals surface area contributed by atoms with Gasteiger partial charge in [0.05, 0.1) is 0 Å². The first-order valence-electron chi connectivity index (χ1n) is 19.5. The molecule has 0 aliphatic rings. The maximum Gasteiger partial charge on any atom is 0.178 e. The predicted octanol–water partition coefficient (Wildman–Crippen LogP) is 13.6. The van der Waals surface area contributed by atoms with Crippen molar-refractivity contribution >= 4 is 53.8 Å². The molecule has 7 aromatic rings. The average molecular weight is 994 g/mol. The molecule has 0 radical (unpaired) electrons. The summed E-state index contributed by atoms with van der Waals surface area (Å²) >= 11 is 0. The number of allylic oxidation sites excluding steroid dienone is 6. The molecule has 0 spiro atoms. The molecule has 3 nitrogen and oxygen atoms in total. The van der Waals surface area contributed by atoms with Crippen molar-refractivity contribution in [3.8, 4) is 0 Å². The Kier molecular flexibility index (Phi) is 27.5. The van der Waals surface area contributed by atoms with Crippen molar-refractivity contribution in [3.05, 3.63) is 288 Å². The number of benzene rings is 7. The molecule has 62 heavy (non-hydrogen) atoms. The van der Waals surface area contributed by atoms with Crippen molar-refractivity contribution in [2.45, 2.75) is 0 Å². The van der Waals surface area contributed by atoms with E-state index in [9.17, 15) is 14.4 Å². The molecule has 314 valence electrons. The number of ketones is 3. The van der Waals surface area contributed by atoms with Crippen molar-refractivity contribution < 1.29 is 55.2 Å². The number of hydrogen-bond acceptors (Lipinski definition) is 3. The molecule has 0 saturated heterocycles. The summed E-state index contributed by atoms with van der Waals surface area (Å²) in [6, 6.07) is 70.7. The van der Waals surface area contributed by atoms with Crippen LogP contribution in [-0.4, -0.2) is 17.3 Å². The summed E-state index contributed by atoms with van der Waals surface area (Å²) in [6.07, 6.45) is 20.4. The number of rotatable bonds is 12. The molecule has 0 unspecified atom stereocenters. The first-order valence-corrected chi connectivity index (χ1v) is 19.5. The van der Waals surface area contributed by atoms with Crippen molar-refractivity contribution in [1.29, 1.82) is 0 Å². The van der Waals surface area contributed by atoms with Gasteiger partial charge in [0.2, 0.25) is 0 Å². The molecule has 0 heterocycles. The quantitative estimate of drug-likeness (QED) is 0.0905. The van der Waals surface area contributed by atoms with Gasteiger partial charge in [0, 0.05) is 40.8 Å². The molecular weight excluding hydrogens is 945 g/mol. The van der Waals surface area contributed by atoms with Crippen molar-refractivity contribution in [2.75, 3.05) is 0 Å². The van der Waals surface area contributed by atoms with E-state index in [0.717, 1.165) is 33.4 Å². The summed E-state index contributed by atoms with van der Waals surface area (Å²) < 4.78 is 0. The van der Waals surface area contributed by atoms with Gasteiger partial charge in [-0.2, -0.15) is 0 Å². The Morgan fingerprint density at radius 1 is 0.210 bits per heavy atom. The number of carbonyl (C=O) groups is 3. The number of hydrogen-bond donors (Lipinski definition) is 0. The molecule has 0 N–H and O–H groups in total. The minimum Gasteiger partial charge on any atom is -0.290 e. The third-order valence-electron chi connectivity index (χ3n) is 8.10. The van der Waals surface area contributed by atoms with Gasteiger partial charge < -0.3 is 0 Å². The SMILES string of the molecule is O=C(C=Cc1ccccc1)C=Cc1ccccc1.O=C(C=Cc1ccccc1)C=Cc1ccccc1.O=C(C=Cc1ccccc1)C=Cc1ccccc1.[Pd].[Pd].c1ccccc1. The van der Waals surface area contributed by atoms with E-state index in [1.54, 1.807) is 36.5 Å². The third kappa shape index (κ3) is 24.4. The first-order chi connectivity index (χ1) is 29.5. The zero-order valence-electron chi connectivity index (χ0n) is 34.1. The molecular formula is C57H48O3Pd2. The Morgan fingerprint density at radius 3 is 0.452 bits per heavy atom. The maximum atomic E-state index is 11.6. The van der Waals surface area contributed by atoms with E-state index in [1.807, 2.05) is 255 Å². The smallest absolute Gasteiger partial charge is 0.178 e. The predicted molar refractivity (Wildman–Crippen MR) is 254 cm³/mol. The zero-order chi connectivity index (χ0) is 42.1. The molecule has 0 aromatic heterocycles. The summed E-state index contributed by atoms with van der Waals surface area (Å²) in [4.78, 5) is 34.8. The van der Waals surface area contributed by atoms with Crippen LogP contribution in [-0.2, 0) is 55.2 Å². The monoisotopic (exact) mass is 992 g/mol. The molecule has 0 saturated carbocycles. The molecule has 7 aromatic carbocycles. The van der Waals surface area contributed by atoms with Gasteiger partial charge in [0.15, 0.2) is 17.3 Å². The second-order valence-electron chi connectivity index (χ2n) is 12.8. The van der Waals surface area contributed by atoms with Gasteiger partial charge in [-0.15, -0.1) is 0 Å². The van der Waals surface area contributed by atoms with E-state index >= 15 is 0 Å². The van der Waals surface area contributed by atoms with Crippen LogP contribution in [0.5, 0.6) is 0 Å². The van der Waals surface area contributed by atoms with E-state index in [2.05, 4.69) is 0 Å². The Labute approximate surface area is 394 Å². The zero-order valence-corrected chi connectivity index (χ0v) is 37.2. The largest absolute Gasteiger partial charge is 0.290 e. The van der Waals surface area contributed by atoms with Crippen LogP contribution in [0.15, 0.2) is 255 Å². The van der Waals surface area contributed by atoms with Gasteiger partial charge in [-0.1, -0.05) is 255 Å². The van der Waals surface area contributed by atoms with Gasteiger partial charge in [-0.05, 0) is 69.8 Å². The van der Waals surface area contributed by atoms with Crippen LogP contribution in [0, 0.1) is 0 Å². The van der Waals surface area contributed by atoms with Gasteiger partial charge in [-0.3, -0.25) is 14.4 Å². The van der Waals surface area contributed by atoms with E-state index in [1.165, 1.54) is 0 Å². The molecule has 0 bridgehead atoms. The maximum absolute atomic E-state index is 11.6. The summed E-state index contributed by atoms with van der Waals surface area (Å²) in [6.45, 7) is 0. The minimum absolute atomic E-state index is 0. The van der Waals surface area contributed by atoms with Gasteiger partial charge >= 0.3 is 0 Å². The van der Waals surface area contributed by atoms with E-state index in [-0.39, 0.29) is 58.2 Å². The van der Waals surface area contributed by atoms with Crippen molar-refractivity contribution in [3.63, 3.8) is 0 Å². The Hall–Kier alpha value is -6.69. The van der Waals surface area contributed by atoms with Gasteiger partial charge in [0.25, 0.3) is 0 Å². The fourth-order valence-corrected chi connectivity index (χ4v) is 5.01. The Morgan fingerprint density at radius 2 is 0.323 bits per heavy atom. The fourth-order valence-electron chi connectivity index (χ4n) is 5.01. The number of carbonyl (C=O) groups excluding carboxylic acids is 3. The molecule has 0 amide bonds. The minimum atomic E-state index is -0.0114. The average Bonchev–Trinajstić information content (AvgIpc) is 3.33. The molecule has 5 heteroatoms. The summed E-state index contributed by atoms with van der Waals surface area (Å²) in [5.74, 6) is -0.0341. The Bertz CT molecular complexity index is 1990.